The molecule has 2 aromatic carbocycles. The first kappa shape index (κ1) is 12.7. The largest absolute Gasteiger partial charge is 0.433 e. The molecule has 2 rings (SSSR count). The Morgan fingerprint density at radius 1 is 0.778 bits per heavy atom. The van der Waals surface area contributed by atoms with Crippen molar-refractivity contribution in [2.45, 2.75) is 13.0 Å². The maximum Gasteiger partial charge on any atom is 0.350 e. The van der Waals surface area contributed by atoms with Crippen LogP contribution >= 0.6 is 0 Å². The Balaban J connectivity index is 2.00. The van der Waals surface area contributed by atoms with E-state index in [2.05, 4.69) is 0 Å². The fraction of sp³-hybridized carbons (Fsp3) is 0.143. The Morgan fingerprint density at radius 2 is 1.22 bits per heavy atom. The smallest absolute Gasteiger partial charge is 0.350 e. The Labute approximate surface area is 109 Å². The maximum atomic E-state index is 5.65. The Hall–Kier alpha value is -1.78. The molecule has 0 aliphatic rings. The van der Waals surface area contributed by atoms with Crippen molar-refractivity contribution in [2.24, 2.45) is 0 Å². The summed E-state index contributed by atoms with van der Waals surface area (Å²) in [6.07, 6.45) is 0. The molecule has 0 saturated heterocycles. The van der Waals surface area contributed by atoms with Crippen LogP contribution in [0.1, 0.15) is 0 Å². The molecule has 4 heteroatoms. The number of para-hydroxylation sites is 2. The number of hydrogen-bond acceptors (Lipinski definition) is 3. The van der Waals surface area contributed by atoms with Crippen molar-refractivity contribution in [2.75, 3.05) is 0 Å². The summed E-state index contributed by atoms with van der Waals surface area (Å²) in [5, 5.41) is 0. The van der Waals surface area contributed by atoms with E-state index < -0.39 is 16.2 Å². The SMILES string of the molecule is C[SiH2]OC(Oc1ccccc1)Oc1ccccc1. The summed E-state index contributed by atoms with van der Waals surface area (Å²) in [6.45, 7) is 1.36. The van der Waals surface area contributed by atoms with E-state index in [9.17, 15) is 0 Å². The minimum Gasteiger partial charge on any atom is -0.433 e. The lowest BCUT2D eigenvalue weighted by molar-refractivity contribution is -0.140. The molecule has 0 bridgehead atoms. The fourth-order valence-electron chi connectivity index (χ4n) is 1.45. The second-order valence-corrected chi connectivity index (χ2v) is 4.52. The van der Waals surface area contributed by atoms with Crippen molar-refractivity contribution in [1.82, 2.24) is 0 Å². The van der Waals surface area contributed by atoms with E-state index in [1.54, 1.807) is 0 Å². The zero-order valence-electron chi connectivity index (χ0n) is 10.3. The van der Waals surface area contributed by atoms with Gasteiger partial charge in [-0.15, -0.1) is 0 Å². The van der Waals surface area contributed by atoms with Gasteiger partial charge in [-0.1, -0.05) is 42.9 Å². The minimum absolute atomic E-state index is 0.615. The van der Waals surface area contributed by atoms with E-state index in [1.165, 1.54) is 0 Å². The van der Waals surface area contributed by atoms with Crippen molar-refractivity contribution in [3.8, 4) is 11.5 Å². The zero-order chi connectivity index (χ0) is 12.6. The lowest BCUT2D eigenvalue weighted by Crippen LogP contribution is -2.28. The highest BCUT2D eigenvalue weighted by molar-refractivity contribution is 6.24. The van der Waals surface area contributed by atoms with Gasteiger partial charge < -0.3 is 13.9 Å². The summed E-state index contributed by atoms with van der Waals surface area (Å²) in [5.74, 6) is 1.47. The summed E-state index contributed by atoms with van der Waals surface area (Å²) in [4.78, 5) is 0. The summed E-state index contributed by atoms with van der Waals surface area (Å²) in [6, 6.07) is 19.0. The highest BCUT2D eigenvalue weighted by Gasteiger charge is 2.11. The van der Waals surface area contributed by atoms with Crippen LogP contribution in [0.25, 0.3) is 0 Å². The molecule has 0 radical (unpaired) electrons. The van der Waals surface area contributed by atoms with Crippen molar-refractivity contribution >= 4 is 9.76 Å². The molecule has 0 aromatic heterocycles. The predicted molar refractivity (Wildman–Crippen MR) is 73.4 cm³/mol. The van der Waals surface area contributed by atoms with Gasteiger partial charge in [-0.3, -0.25) is 0 Å². The number of benzene rings is 2. The molecule has 0 aliphatic heterocycles. The van der Waals surface area contributed by atoms with Gasteiger partial charge in [0, 0.05) is 0 Å². The summed E-state index contributed by atoms with van der Waals surface area (Å²) >= 11 is 0. The summed E-state index contributed by atoms with van der Waals surface area (Å²) < 4.78 is 16.8. The molecule has 0 saturated carbocycles. The Kier molecular flexibility index (Phi) is 4.81. The molecular formula is C14H16O3Si. The average Bonchev–Trinajstić information content (AvgIpc) is 2.41. The molecule has 0 heterocycles. The molecule has 94 valence electrons. The van der Waals surface area contributed by atoms with Gasteiger partial charge in [0.2, 0.25) is 0 Å². The van der Waals surface area contributed by atoms with Gasteiger partial charge in [0.15, 0.2) is 9.76 Å². The monoisotopic (exact) mass is 260 g/mol. The van der Waals surface area contributed by atoms with Gasteiger partial charge in [0.1, 0.15) is 11.5 Å². The lowest BCUT2D eigenvalue weighted by atomic mass is 10.3. The van der Waals surface area contributed by atoms with Crippen molar-refractivity contribution < 1.29 is 13.9 Å². The van der Waals surface area contributed by atoms with E-state index in [4.69, 9.17) is 13.9 Å². The molecule has 0 unspecified atom stereocenters. The van der Waals surface area contributed by atoms with Crippen molar-refractivity contribution in [3.05, 3.63) is 60.7 Å². The standard InChI is InChI=1S/C14H16O3Si/c1-18-17-14(15-12-8-4-2-5-9-12)16-13-10-6-3-7-11-13/h2-11,14H,18H2,1H3. The number of rotatable bonds is 6. The van der Waals surface area contributed by atoms with Crippen LogP contribution < -0.4 is 9.47 Å². The van der Waals surface area contributed by atoms with Crippen molar-refractivity contribution in [3.63, 3.8) is 0 Å². The number of hydrogen-bond donors (Lipinski definition) is 0. The first-order chi connectivity index (χ1) is 8.88. The molecule has 0 fully saturated rings. The molecule has 3 nitrogen and oxygen atoms in total. The fourth-order valence-corrected chi connectivity index (χ4v) is 1.86. The third kappa shape index (κ3) is 3.91. The summed E-state index contributed by atoms with van der Waals surface area (Å²) in [7, 11) is -0.615. The van der Waals surface area contributed by atoms with Crippen LogP contribution in [0.2, 0.25) is 6.55 Å². The van der Waals surface area contributed by atoms with Crippen LogP contribution in [0, 0.1) is 0 Å². The minimum atomic E-state index is -0.675. The Bertz CT molecular complexity index is 406. The molecule has 0 amide bonds. The van der Waals surface area contributed by atoms with Gasteiger partial charge in [-0.05, 0) is 24.3 Å². The third-order valence-electron chi connectivity index (χ3n) is 2.25. The van der Waals surface area contributed by atoms with Gasteiger partial charge in [0.25, 0.3) is 0 Å². The van der Waals surface area contributed by atoms with Crippen LogP contribution in [0.3, 0.4) is 0 Å². The van der Waals surface area contributed by atoms with Crippen LogP contribution in [-0.2, 0) is 4.43 Å². The van der Waals surface area contributed by atoms with Crippen LogP contribution in [0.15, 0.2) is 60.7 Å². The molecular weight excluding hydrogens is 244 g/mol. The zero-order valence-corrected chi connectivity index (χ0v) is 11.7. The molecule has 0 spiro atoms. The third-order valence-corrected chi connectivity index (χ3v) is 2.86. The van der Waals surface area contributed by atoms with Crippen LogP contribution in [0.4, 0.5) is 0 Å². The average molecular weight is 260 g/mol. The lowest BCUT2D eigenvalue weighted by Gasteiger charge is -2.20. The first-order valence-corrected chi connectivity index (χ1v) is 7.92. The first-order valence-electron chi connectivity index (χ1n) is 5.93. The van der Waals surface area contributed by atoms with E-state index in [1.807, 2.05) is 67.2 Å². The molecule has 18 heavy (non-hydrogen) atoms. The second-order valence-electron chi connectivity index (χ2n) is 3.61. The van der Waals surface area contributed by atoms with Gasteiger partial charge in [-0.25, -0.2) is 0 Å². The molecule has 2 aromatic rings. The highest BCUT2D eigenvalue weighted by Crippen LogP contribution is 2.16. The van der Waals surface area contributed by atoms with E-state index in [0.29, 0.717) is 0 Å². The quantitative estimate of drug-likeness (QED) is 0.590. The van der Waals surface area contributed by atoms with Crippen molar-refractivity contribution in [1.29, 1.82) is 0 Å². The summed E-state index contributed by atoms with van der Waals surface area (Å²) in [5.41, 5.74) is 0. The van der Waals surface area contributed by atoms with E-state index >= 15 is 0 Å². The number of ether oxygens (including phenoxy) is 2. The highest BCUT2D eigenvalue weighted by atomic mass is 28.2. The normalized spacial score (nSPS) is 11.0. The molecule has 0 N–H and O–H groups in total. The van der Waals surface area contributed by atoms with E-state index in [0.717, 1.165) is 11.5 Å². The Morgan fingerprint density at radius 3 is 1.61 bits per heavy atom. The maximum absolute atomic E-state index is 5.65. The van der Waals surface area contributed by atoms with Gasteiger partial charge in [-0.2, -0.15) is 0 Å². The molecule has 0 aliphatic carbocycles. The van der Waals surface area contributed by atoms with Crippen LogP contribution in [0.5, 0.6) is 11.5 Å². The van der Waals surface area contributed by atoms with Crippen LogP contribution in [-0.4, -0.2) is 16.2 Å². The van der Waals surface area contributed by atoms with Gasteiger partial charge in [0.05, 0.1) is 0 Å². The van der Waals surface area contributed by atoms with Gasteiger partial charge >= 0.3 is 6.48 Å². The second kappa shape index (κ2) is 6.83. The predicted octanol–water partition coefficient (Wildman–Crippen LogP) is 2.58. The topological polar surface area (TPSA) is 27.7 Å². The molecule has 0 atom stereocenters. The van der Waals surface area contributed by atoms with E-state index in [-0.39, 0.29) is 0 Å².